The molecule has 38 heavy (non-hydrogen) atoms. The van der Waals surface area contributed by atoms with Gasteiger partial charge in [0.15, 0.2) is 6.61 Å². The molecule has 0 atom stereocenters. The largest absolute Gasteiger partial charge is 0.482 e. The summed E-state index contributed by atoms with van der Waals surface area (Å²) in [6.07, 6.45) is 0.984. The van der Waals surface area contributed by atoms with E-state index in [1.54, 1.807) is 4.90 Å². The van der Waals surface area contributed by atoms with Crippen LogP contribution in [0.3, 0.4) is 0 Å². The second kappa shape index (κ2) is 10.7. The van der Waals surface area contributed by atoms with Gasteiger partial charge in [0.2, 0.25) is 0 Å². The molecule has 0 aliphatic carbocycles. The van der Waals surface area contributed by atoms with Gasteiger partial charge in [0, 0.05) is 31.7 Å². The van der Waals surface area contributed by atoms with Gasteiger partial charge < -0.3 is 19.4 Å². The van der Waals surface area contributed by atoms with Crippen molar-refractivity contribution in [1.29, 1.82) is 0 Å². The Hall–Kier alpha value is -3.51. The zero-order chi connectivity index (χ0) is 26.9. The molecule has 2 heterocycles. The fourth-order valence-corrected chi connectivity index (χ4v) is 5.28. The lowest BCUT2D eigenvalue weighted by molar-refractivity contribution is -0.121. The first-order chi connectivity index (χ1) is 18.3. The molecule has 2 aliphatic heterocycles. The highest BCUT2D eigenvalue weighted by Crippen LogP contribution is 2.38. The summed E-state index contributed by atoms with van der Waals surface area (Å²) in [4.78, 5) is 32.2. The van der Waals surface area contributed by atoms with Crippen molar-refractivity contribution in [3.63, 3.8) is 0 Å². The number of rotatable bonds is 6. The molecule has 3 aromatic carbocycles. The number of carbonyl (C=O) groups excluding carboxylic acids is 2. The monoisotopic (exact) mass is 531 g/mol. The lowest BCUT2D eigenvalue weighted by atomic mass is 9.82. The van der Waals surface area contributed by atoms with E-state index in [2.05, 4.69) is 37.8 Å². The van der Waals surface area contributed by atoms with E-state index in [1.807, 2.05) is 59.5 Å². The van der Waals surface area contributed by atoms with Gasteiger partial charge in [0.25, 0.3) is 11.8 Å². The van der Waals surface area contributed by atoms with E-state index >= 15 is 0 Å². The summed E-state index contributed by atoms with van der Waals surface area (Å²) >= 11 is 6.37. The smallest absolute Gasteiger partial charge is 0.265 e. The van der Waals surface area contributed by atoms with Crippen LogP contribution in [0.25, 0.3) is 0 Å². The standard InChI is InChI=1S/C31H34ClN3O3/c1-4-31(2,3)24-12-13-28-27(19-24)35(29(36)21-38-28)20-22-8-7-9-23(18-22)30(37)34-16-14-33(15-17-34)26-11-6-5-10-25(26)32/h5-13,18-19H,4,14-17,20-21H2,1-3H3. The lowest BCUT2D eigenvalue weighted by Crippen LogP contribution is -2.48. The molecule has 2 aliphatic rings. The van der Waals surface area contributed by atoms with E-state index in [9.17, 15) is 9.59 Å². The van der Waals surface area contributed by atoms with Crippen molar-refractivity contribution in [2.24, 2.45) is 0 Å². The first-order valence-electron chi connectivity index (χ1n) is 13.2. The van der Waals surface area contributed by atoms with Gasteiger partial charge in [0.1, 0.15) is 5.75 Å². The maximum atomic E-state index is 13.4. The van der Waals surface area contributed by atoms with Crippen LogP contribution in [0.5, 0.6) is 5.75 Å². The summed E-state index contributed by atoms with van der Waals surface area (Å²) in [5.74, 6) is 0.631. The highest BCUT2D eigenvalue weighted by molar-refractivity contribution is 6.33. The van der Waals surface area contributed by atoms with E-state index < -0.39 is 0 Å². The molecule has 0 radical (unpaired) electrons. The predicted octanol–water partition coefficient (Wildman–Crippen LogP) is 5.92. The Morgan fingerprint density at radius 1 is 0.947 bits per heavy atom. The van der Waals surface area contributed by atoms with E-state index in [-0.39, 0.29) is 23.8 Å². The van der Waals surface area contributed by atoms with E-state index in [4.69, 9.17) is 16.3 Å². The Morgan fingerprint density at radius 3 is 2.45 bits per heavy atom. The first kappa shape index (κ1) is 26.1. The fourth-order valence-electron chi connectivity index (χ4n) is 5.03. The fraction of sp³-hybridized carbons (Fsp3) is 0.355. The number of carbonyl (C=O) groups is 2. The van der Waals surface area contributed by atoms with Gasteiger partial charge in [-0.3, -0.25) is 9.59 Å². The molecule has 5 rings (SSSR count). The van der Waals surface area contributed by atoms with Crippen LogP contribution in [0, 0.1) is 0 Å². The average Bonchev–Trinajstić information content (AvgIpc) is 2.94. The van der Waals surface area contributed by atoms with Crippen LogP contribution in [0.2, 0.25) is 5.02 Å². The number of anilines is 2. The zero-order valence-corrected chi connectivity index (χ0v) is 23.0. The highest BCUT2D eigenvalue weighted by Gasteiger charge is 2.29. The van der Waals surface area contributed by atoms with Gasteiger partial charge in [-0.15, -0.1) is 0 Å². The molecule has 0 unspecified atom stereocenters. The SMILES string of the molecule is CCC(C)(C)c1ccc2c(c1)N(Cc1cccc(C(=O)N3CCN(c4ccccc4Cl)CC3)c1)C(=O)CO2. The molecule has 0 bridgehead atoms. The molecule has 1 fully saturated rings. The third kappa shape index (κ3) is 5.23. The topological polar surface area (TPSA) is 53.1 Å². The van der Waals surface area contributed by atoms with E-state index in [1.165, 1.54) is 5.56 Å². The molecule has 198 valence electrons. The first-order valence-corrected chi connectivity index (χ1v) is 13.6. The predicted molar refractivity (Wildman–Crippen MR) is 152 cm³/mol. The summed E-state index contributed by atoms with van der Waals surface area (Å²) in [6.45, 7) is 9.67. The average molecular weight is 532 g/mol. The molecule has 7 heteroatoms. The van der Waals surface area contributed by atoms with Crippen LogP contribution in [0.1, 0.15) is 48.7 Å². The van der Waals surface area contributed by atoms with Crippen LogP contribution in [-0.4, -0.2) is 49.5 Å². The normalized spacial score (nSPS) is 15.8. The van der Waals surface area contributed by atoms with Crippen molar-refractivity contribution in [2.75, 3.05) is 42.6 Å². The van der Waals surface area contributed by atoms with Crippen molar-refractivity contribution in [3.05, 3.63) is 88.4 Å². The van der Waals surface area contributed by atoms with Gasteiger partial charge in [-0.1, -0.05) is 62.7 Å². The summed E-state index contributed by atoms with van der Waals surface area (Å²) in [6, 6.07) is 21.5. The summed E-state index contributed by atoms with van der Waals surface area (Å²) in [5.41, 5.74) is 4.49. The number of hydrogen-bond donors (Lipinski definition) is 0. The molecule has 2 amide bonds. The van der Waals surface area contributed by atoms with Gasteiger partial charge >= 0.3 is 0 Å². The van der Waals surface area contributed by atoms with Crippen LogP contribution in [0.15, 0.2) is 66.7 Å². The highest BCUT2D eigenvalue weighted by atomic mass is 35.5. The molecular weight excluding hydrogens is 498 g/mol. The van der Waals surface area contributed by atoms with Gasteiger partial charge in [-0.25, -0.2) is 0 Å². The summed E-state index contributed by atoms with van der Waals surface area (Å²) in [5, 5.41) is 0.726. The zero-order valence-electron chi connectivity index (χ0n) is 22.2. The molecule has 0 saturated carbocycles. The van der Waals surface area contributed by atoms with Crippen LogP contribution in [-0.2, 0) is 16.8 Å². The van der Waals surface area contributed by atoms with Gasteiger partial charge in [0.05, 0.1) is 22.9 Å². The quantitative estimate of drug-likeness (QED) is 0.396. The van der Waals surface area contributed by atoms with E-state index in [0.29, 0.717) is 30.9 Å². The Kier molecular flexibility index (Phi) is 7.35. The Labute approximate surface area is 229 Å². The van der Waals surface area contributed by atoms with Crippen molar-refractivity contribution >= 4 is 34.8 Å². The number of piperazine rings is 1. The minimum atomic E-state index is -0.0867. The van der Waals surface area contributed by atoms with Crippen molar-refractivity contribution < 1.29 is 14.3 Å². The number of benzene rings is 3. The molecule has 1 saturated heterocycles. The second-order valence-electron chi connectivity index (χ2n) is 10.6. The number of fused-ring (bicyclic) bond motifs is 1. The van der Waals surface area contributed by atoms with Crippen LogP contribution >= 0.6 is 11.6 Å². The summed E-state index contributed by atoms with van der Waals surface area (Å²) < 4.78 is 5.73. The van der Waals surface area contributed by atoms with Gasteiger partial charge in [-0.05, 0) is 59.4 Å². The van der Waals surface area contributed by atoms with Gasteiger partial charge in [-0.2, -0.15) is 0 Å². The summed E-state index contributed by atoms with van der Waals surface area (Å²) in [7, 11) is 0. The number of hydrogen-bond acceptors (Lipinski definition) is 4. The minimum Gasteiger partial charge on any atom is -0.482 e. The number of amides is 2. The maximum absolute atomic E-state index is 13.4. The molecule has 6 nitrogen and oxygen atoms in total. The molecular formula is C31H34ClN3O3. The van der Waals surface area contributed by atoms with E-state index in [0.717, 1.165) is 41.5 Å². The molecule has 0 N–H and O–H groups in total. The molecule has 0 spiro atoms. The van der Waals surface area contributed by atoms with Crippen LogP contribution < -0.4 is 14.5 Å². The minimum absolute atomic E-state index is 0.00587. The number of halogens is 1. The second-order valence-corrected chi connectivity index (χ2v) is 11.0. The van der Waals surface area contributed by atoms with Crippen molar-refractivity contribution in [3.8, 4) is 5.75 Å². The van der Waals surface area contributed by atoms with Crippen molar-refractivity contribution in [1.82, 2.24) is 4.90 Å². The Bertz CT molecular complexity index is 1350. The third-order valence-electron chi connectivity index (χ3n) is 7.84. The lowest BCUT2D eigenvalue weighted by Gasteiger charge is -2.36. The molecule has 0 aromatic heterocycles. The van der Waals surface area contributed by atoms with Crippen molar-refractivity contribution in [2.45, 2.75) is 39.2 Å². The Balaban J connectivity index is 1.31. The third-order valence-corrected chi connectivity index (χ3v) is 8.16. The molecule has 3 aromatic rings. The Morgan fingerprint density at radius 2 is 1.71 bits per heavy atom. The number of nitrogens with zero attached hydrogens (tertiary/aromatic N) is 3. The van der Waals surface area contributed by atoms with Crippen LogP contribution in [0.4, 0.5) is 11.4 Å². The number of para-hydroxylation sites is 1. The number of ether oxygens (including phenoxy) is 1. The maximum Gasteiger partial charge on any atom is 0.265 e.